The van der Waals surface area contributed by atoms with E-state index in [1.165, 1.54) is 18.2 Å². The molecule has 2 aromatic carbocycles. The van der Waals surface area contributed by atoms with Crippen molar-refractivity contribution in [2.45, 2.75) is 0 Å². The highest BCUT2D eigenvalue weighted by molar-refractivity contribution is 7.71. The monoisotopic (exact) mass is 303 g/mol. The van der Waals surface area contributed by atoms with Crippen LogP contribution in [-0.2, 0) is 0 Å². The first-order valence-corrected chi connectivity index (χ1v) is 6.49. The number of aromatic nitrogens is 2. The van der Waals surface area contributed by atoms with Crippen molar-refractivity contribution in [3.8, 4) is 11.8 Å². The third-order valence-electron chi connectivity index (χ3n) is 2.99. The predicted molar refractivity (Wildman–Crippen MR) is 78.1 cm³/mol. The van der Waals surface area contributed by atoms with Crippen LogP contribution in [0.1, 0.15) is 5.56 Å². The van der Waals surface area contributed by atoms with Crippen molar-refractivity contribution in [1.29, 1.82) is 5.26 Å². The lowest BCUT2D eigenvalue weighted by atomic mass is 10.2. The number of H-pyrrole nitrogens is 1. The lowest BCUT2D eigenvalue weighted by molar-refractivity contribution is 0.626. The van der Waals surface area contributed by atoms with Gasteiger partial charge in [0.15, 0.2) is 4.77 Å². The molecule has 1 heterocycles. The molecule has 0 bridgehead atoms. The zero-order valence-corrected chi connectivity index (χ0v) is 11.6. The maximum Gasteiger partial charge on any atom is 0.182 e. The van der Waals surface area contributed by atoms with Gasteiger partial charge in [-0.25, -0.2) is 4.39 Å². The summed E-state index contributed by atoms with van der Waals surface area (Å²) in [5.74, 6) is -0.405. The molecule has 0 aliphatic carbocycles. The van der Waals surface area contributed by atoms with Crippen LogP contribution in [0.2, 0.25) is 5.02 Å². The smallest absolute Gasteiger partial charge is 0.182 e. The molecule has 0 aliphatic heterocycles. The third-order valence-corrected chi connectivity index (χ3v) is 3.59. The molecular formula is C14H7ClFN3S. The predicted octanol–water partition coefficient (Wildman–Crippen LogP) is 4.35. The van der Waals surface area contributed by atoms with Crippen LogP contribution in [0.5, 0.6) is 0 Å². The molecule has 3 rings (SSSR count). The van der Waals surface area contributed by atoms with Gasteiger partial charge in [-0.1, -0.05) is 17.7 Å². The van der Waals surface area contributed by atoms with Crippen LogP contribution in [0.4, 0.5) is 4.39 Å². The Hall–Kier alpha value is -2.16. The molecule has 98 valence electrons. The van der Waals surface area contributed by atoms with Crippen molar-refractivity contribution in [3.05, 3.63) is 57.6 Å². The van der Waals surface area contributed by atoms with E-state index in [-0.39, 0.29) is 0 Å². The average Bonchev–Trinajstić information content (AvgIpc) is 2.77. The summed E-state index contributed by atoms with van der Waals surface area (Å²) in [6, 6.07) is 11.4. The molecule has 0 unspecified atom stereocenters. The maximum absolute atomic E-state index is 13.4. The van der Waals surface area contributed by atoms with E-state index in [0.29, 0.717) is 32.1 Å². The molecule has 0 aliphatic rings. The highest BCUT2D eigenvalue weighted by Gasteiger charge is 2.12. The van der Waals surface area contributed by atoms with Crippen molar-refractivity contribution in [3.63, 3.8) is 0 Å². The summed E-state index contributed by atoms with van der Waals surface area (Å²) in [6.45, 7) is 0. The number of imidazole rings is 1. The van der Waals surface area contributed by atoms with Crippen LogP contribution in [0, 0.1) is 21.9 Å². The first-order chi connectivity index (χ1) is 9.61. The topological polar surface area (TPSA) is 44.5 Å². The summed E-state index contributed by atoms with van der Waals surface area (Å²) in [4.78, 5) is 2.97. The number of halogens is 2. The Balaban J connectivity index is 2.44. The minimum atomic E-state index is -0.405. The van der Waals surface area contributed by atoms with E-state index in [1.54, 1.807) is 22.8 Å². The van der Waals surface area contributed by atoms with Crippen LogP contribution in [0.15, 0.2) is 36.4 Å². The molecule has 0 spiro atoms. The standard InChI is InChI=1S/C14H7ClFN3S/c15-10-5-4-9(16)6-12(10)19-11-3-1-2-8(7-17)13(11)18-14(19)20/h1-6H,(H,18,20). The summed E-state index contributed by atoms with van der Waals surface area (Å²) < 4.78 is 15.4. The normalized spacial score (nSPS) is 10.7. The van der Waals surface area contributed by atoms with E-state index in [4.69, 9.17) is 29.1 Å². The van der Waals surface area contributed by atoms with E-state index in [1.807, 2.05) is 0 Å². The maximum atomic E-state index is 13.4. The van der Waals surface area contributed by atoms with Gasteiger partial charge in [0.1, 0.15) is 11.9 Å². The van der Waals surface area contributed by atoms with Gasteiger partial charge in [0, 0.05) is 0 Å². The van der Waals surface area contributed by atoms with E-state index in [2.05, 4.69) is 11.1 Å². The Labute approximate surface area is 123 Å². The van der Waals surface area contributed by atoms with E-state index in [0.717, 1.165) is 0 Å². The van der Waals surface area contributed by atoms with Gasteiger partial charge in [0.05, 0.1) is 27.3 Å². The van der Waals surface area contributed by atoms with Crippen molar-refractivity contribution in [2.24, 2.45) is 0 Å². The second kappa shape index (κ2) is 4.75. The summed E-state index contributed by atoms with van der Waals surface area (Å²) >= 11 is 11.4. The molecule has 6 heteroatoms. The Morgan fingerprint density at radius 3 is 2.85 bits per heavy atom. The molecule has 1 aromatic heterocycles. The summed E-state index contributed by atoms with van der Waals surface area (Å²) in [5, 5.41) is 9.49. The van der Waals surface area contributed by atoms with Gasteiger partial charge in [0.2, 0.25) is 0 Å². The summed E-state index contributed by atoms with van der Waals surface area (Å²) in [5.41, 5.74) is 2.21. The number of aromatic amines is 1. The van der Waals surface area contributed by atoms with Gasteiger partial charge in [-0.2, -0.15) is 5.26 Å². The molecule has 0 saturated heterocycles. The lowest BCUT2D eigenvalue weighted by Gasteiger charge is -2.07. The van der Waals surface area contributed by atoms with Crippen molar-refractivity contribution in [2.75, 3.05) is 0 Å². The van der Waals surface area contributed by atoms with Crippen molar-refractivity contribution < 1.29 is 4.39 Å². The summed E-state index contributed by atoms with van der Waals surface area (Å²) in [7, 11) is 0. The zero-order valence-electron chi connectivity index (χ0n) is 10.0. The molecular weight excluding hydrogens is 297 g/mol. The van der Waals surface area contributed by atoms with Crippen molar-refractivity contribution in [1.82, 2.24) is 9.55 Å². The van der Waals surface area contributed by atoms with Crippen LogP contribution in [0.3, 0.4) is 0 Å². The van der Waals surface area contributed by atoms with Gasteiger partial charge in [-0.3, -0.25) is 4.57 Å². The van der Waals surface area contributed by atoms with Gasteiger partial charge >= 0.3 is 0 Å². The van der Waals surface area contributed by atoms with Crippen LogP contribution in [0.25, 0.3) is 16.7 Å². The third kappa shape index (κ3) is 1.90. The number of hydrogen-bond donors (Lipinski definition) is 1. The van der Waals surface area contributed by atoms with Gasteiger partial charge in [-0.15, -0.1) is 0 Å². The number of nitrogens with one attached hydrogen (secondary N) is 1. The number of rotatable bonds is 1. The van der Waals surface area contributed by atoms with Crippen LogP contribution in [-0.4, -0.2) is 9.55 Å². The second-order valence-electron chi connectivity index (χ2n) is 4.17. The molecule has 0 amide bonds. The number of hydrogen-bond acceptors (Lipinski definition) is 2. The molecule has 20 heavy (non-hydrogen) atoms. The number of nitrogens with zero attached hydrogens (tertiary/aromatic N) is 2. The average molecular weight is 304 g/mol. The lowest BCUT2D eigenvalue weighted by Crippen LogP contribution is -1.96. The Morgan fingerprint density at radius 2 is 2.10 bits per heavy atom. The minimum Gasteiger partial charge on any atom is -0.329 e. The highest BCUT2D eigenvalue weighted by Crippen LogP contribution is 2.27. The fourth-order valence-electron chi connectivity index (χ4n) is 2.12. The van der Waals surface area contributed by atoms with Crippen LogP contribution >= 0.6 is 23.8 Å². The molecule has 1 N–H and O–H groups in total. The first kappa shape index (κ1) is 12.9. The quantitative estimate of drug-likeness (QED) is 0.679. The highest BCUT2D eigenvalue weighted by atomic mass is 35.5. The number of nitriles is 1. The summed E-state index contributed by atoms with van der Waals surface area (Å²) in [6.07, 6.45) is 0. The Bertz CT molecular complexity index is 920. The fraction of sp³-hybridized carbons (Fsp3) is 0. The number of benzene rings is 2. The molecule has 0 atom stereocenters. The Kier molecular flexibility index (Phi) is 3.05. The molecule has 0 fully saturated rings. The largest absolute Gasteiger partial charge is 0.329 e. The minimum absolute atomic E-state index is 0.357. The van der Waals surface area contributed by atoms with E-state index < -0.39 is 5.82 Å². The molecule has 3 nitrogen and oxygen atoms in total. The van der Waals surface area contributed by atoms with Gasteiger partial charge in [-0.05, 0) is 42.5 Å². The number of fused-ring (bicyclic) bond motifs is 1. The first-order valence-electron chi connectivity index (χ1n) is 5.71. The van der Waals surface area contributed by atoms with Crippen molar-refractivity contribution >= 4 is 34.9 Å². The van der Waals surface area contributed by atoms with Gasteiger partial charge in [0.25, 0.3) is 0 Å². The molecule has 0 saturated carbocycles. The Morgan fingerprint density at radius 1 is 1.30 bits per heavy atom. The zero-order chi connectivity index (χ0) is 14.3. The van der Waals surface area contributed by atoms with Gasteiger partial charge < -0.3 is 4.98 Å². The number of para-hydroxylation sites is 1. The van der Waals surface area contributed by atoms with E-state index >= 15 is 0 Å². The van der Waals surface area contributed by atoms with Crippen LogP contribution < -0.4 is 0 Å². The van der Waals surface area contributed by atoms with E-state index in [9.17, 15) is 4.39 Å². The molecule has 3 aromatic rings. The molecule has 0 radical (unpaired) electrons. The fourth-order valence-corrected chi connectivity index (χ4v) is 2.62. The SMILES string of the molecule is N#Cc1cccc2c1[nH]c(=S)n2-c1cc(F)ccc1Cl. The second-order valence-corrected chi connectivity index (χ2v) is 4.97.